The van der Waals surface area contributed by atoms with Crippen LogP contribution >= 0.6 is 0 Å². The molecule has 0 rings (SSSR count). The highest BCUT2D eigenvalue weighted by Gasteiger charge is 2.14. The van der Waals surface area contributed by atoms with Gasteiger partial charge in [-0.05, 0) is 38.5 Å². The molecule has 4 nitrogen and oxygen atoms in total. The number of carboxylic acids is 1. The summed E-state index contributed by atoms with van der Waals surface area (Å²) >= 11 is 0. The Hall–Kier alpha value is -1.06. The highest BCUT2D eigenvalue weighted by Crippen LogP contribution is 2.18. The molecule has 0 bridgehead atoms. The van der Waals surface area contributed by atoms with E-state index in [4.69, 9.17) is 9.84 Å². The van der Waals surface area contributed by atoms with Crippen molar-refractivity contribution in [2.45, 2.75) is 200 Å². The molecule has 0 aliphatic carbocycles. The summed E-state index contributed by atoms with van der Waals surface area (Å²) in [5, 5.41) is 8.82. The number of ether oxygens (including phenoxy) is 1. The lowest BCUT2D eigenvalue weighted by molar-refractivity contribution is -0.150. The Bertz CT molecular complexity index is 491. The third-order valence-electron chi connectivity index (χ3n) is 7.58. The second kappa shape index (κ2) is 29.5. The normalized spacial score (nSPS) is 12.1. The quantitative estimate of drug-likeness (QED) is 0.0749. The average molecular weight is 525 g/mol. The molecule has 220 valence electrons. The molecule has 0 amide bonds. The molecule has 0 radical (unpaired) electrons. The van der Waals surface area contributed by atoms with Crippen LogP contribution in [0.4, 0.5) is 0 Å². The first kappa shape index (κ1) is 35.9. The molecule has 0 spiro atoms. The maximum absolute atomic E-state index is 12.5. The van der Waals surface area contributed by atoms with Crippen LogP contribution in [0, 0.1) is 0 Å². The van der Waals surface area contributed by atoms with E-state index in [-0.39, 0.29) is 18.5 Å². The number of carbonyl (C=O) groups is 2. The molecule has 0 aromatic carbocycles. The maximum atomic E-state index is 12.5. The van der Waals surface area contributed by atoms with Gasteiger partial charge in [-0.3, -0.25) is 9.59 Å². The van der Waals surface area contributed by atoms with E-state index in [0.29, 0.717) is 12.8 Å². The zero-order valence-electron chi connectivity index (χ0n) is 25.0. The smallest absolute Gasteiger partial charge is 0.306 e. The standard InChI is InChI=1S/C33H64O4/c1-3-5-7-9-11-13-14-15-16-17-19-21-26-30-33(36)37-31(28-24-22-25-29-32(34)35)27-23-20-18-12-10-8-6-4-2/h31H,3-30H2,1-2H3,(H,34,35). The van der Waals surface area contributed by atoms with Gasteiger partial charge in [0.05, 0.1) is 0 Å². The zero-order chi connectivity index (χ0) is 27.2. The van der Waals surface area contributed by atoms with E-state index in [1.54, 1.807) is 0 Å². The summed E-state index contributed by atoms with van der Waals surface area (Å²) in [6, 6.07) is 0. The van der Waals surface area contributed by atoms with E-state index >= 15 is 0 Å². The van der Waals surface area contributed by atoms with Crippen LogP contribution in [0.1, 0.15) is 194 Å². The van der Waals surface area contributed by atoms with Crippen molar-refractivity contribution in [3.05, 3.63) is 0 Å². The Labute approximate surface area is 231 Å². The van der Waals surface area contributed by atoms with Gasteiger partial charge in [-0.15, -0.1) is 0 Å². The van der Waals surface area contributed by atoms with Crippen molar-refractivity contribution in [1.29, 1.82) is 0 Å². The van der Waals surface area contributed by atoms with Gasteiger partial charge < -0.3 is 9.84 Å². The van der Waals surface area contributed by atoms with Crippen molar-refractivity contribution in [3.63, 3.8) is 0 Å². The highest BCUT2D eigenvalue weighted by molar-refractivity contribution is 5.69. The SMILES string of the molecule is CCCCCCCCCCCCCCCC(=O)OC(CCCCCCCCCC)CCCCCC(=O)O. The maximum Gasteiger partial charge on any atom is 0.306 e. The van der Waals surface area contributed by atoms with Crippen LogP contribution in [0.5, 0.6) is 0 Å². The number of carboxylic acid groups (broad SMARTS) is 1. The Morgan fingerprint density at radius 2 is 0.811 bits per heavy atom. The predicted molar refractivity (Wildman–Crippen MR) is 158 cm³/mol. The minimum atomic E-state index is -0.722. The van der Waals surface area contributed by atoms with Crippen molar-refractivity contribution in [2.24, 2.45) is 0 Å². The Kier molecular flexibility index (Phi) is 28.7. The van der Waals surface area contributed by atoms with E-state index in [9.17, 15) is 9.59 Å². The van der Waals surface area contributed by atoms with Gasteiger partial charge in [0.25, 0.3) is 0 Å². The van der Waals surface area contributed by atoms with E-state index in [0.717, 1.165) is 44.9 Å². The van der Waals surface area contributed by atoms with Crippen LogP contribution in [0.15, 0.2) is 0 Å². The van der Waals surface area contributed by atoms with Crippen LogP contribution in [-0.4, -0.2) is 23.1 Å². The molecule has 1 unspecified atom stereocenters. The molecule has 1 N–H and O–H groups in total. The molecule has 0 aliphatic heterocycles. The average Bonchev–Trinajstić information content (AvgIpc) is 2.87. The molecule has 4 heteroatoms. The van der Waals surface area contributed by atoms with Crippen molar-refractivity contribution in [1.82, 2.24) is 0 Å². The lowest BCUT2D eigenvalue weighted by Crippen LogP contribution is -2.18. The molecular formula is C33H64O4. The molecular weight excluding hydrogens is 460 g/mol. The van der Waals surface area contributed by atoms with Crippen LogP contribution in [-0.2, 0) is 14.3 Å². The van der Waals surface area contributed by atoms with Gasteiger partial charge in [0, 0.05) is 12.8 Å². The minimum Gasteiger partial charge on any atom is -0.481 e. The van der Waals surface area contributed by atoms with Gasteiger partial charge in [0.2, 0.25) is 0 Å². The van der Waals surface area contributed by atoms with Crippen LogP contribution in [0.3, 0.4) is 0 Å². The first-order valence-electron chi connectivity index (χ1n) is 16.5. The van der Waals surface area contributed by atoms with Gasteiger partial charge in [0.15, 0.2) is 0 Å². The Morgan fingerprint density at radius 3 is 1.22 bits per heavy atom. The van der Waals surface area contributed by atoms with Gasteiger partial charge >= 0.3 is 11.9 Å². The van der Waals surface area contributed by atoms with Crippen LogP contribution in [0.2, 0.25) is 0 Å². The molecule has 0 fully saturated rings. The number of rotatable bonds is 30. The fraction of sp³-hybridized carbons (Fsp3) is 0.939. The fourth-order valence-corrected chi connectivity index (χ4v) is 5.13. The summed E-state index contributed by atoms with van der Waals surface area (Å²) in [5.74, 6) is -0.752. The lowest BCUT2D eigenvalue weighted by Gasteiger charge is -2.18. The molecule has 0 aliphatic rings. The molecule has 37 heavy (non-hydrogen) atoms. The van der Waals surface area contributed by atoms with Crippen molar-refractivity contribution < 1.29 is 19.4 Å². The first-order valence-corrected chi connectivity index (χ1v) is 16.5. The number of hydrogen-bond donors (Lipinski definition) is 1. The summed E-state index contributed by atoms with van der Waals surface area (Å²) in [6.07, 6.45) is 32.5. The number of unbranched alkanes of at least 4 members (excludes halogenated alkanes) is 21. The monoisotopic (exact) mass is 524 g/mol. The molecule has 0 saturated heterocycles. The summed E-state index contributed by atoms with van der Waals surface area (Å²) < 4.78 is 5.89. The Morgan fingerprint density at radius 1 is 0.486 bits per heavy atom. The van der Waals surface area contributed by atoms with Crippen molar-refractivity contribution in [2.75, 3.05) is 0 Å². The molecule has 0 heterocycles. The number of carbonyl (C=O) groups excluding carboxylic acids is 1. The topological polar surface area (TPSA) is 63.6 Å². The second-order valence-corrected chi connectivity index (χ2v) is 11.4. The third kappa shape index (κ3) is 29.4. The predicted octanol–water partition coefficient (Wildman–Crippen LogP) is 10.9. The van der Waals surface area contributed by atoms with E-state index in [1.165, 1.54) is 116 Å². The first-order chi connectivity index (χ1) is 18.1. The van der Waals surface area contributed by atoms with Gasteiger partial charge in [-0.1, -0.05) is 142 Å². The van der Waals surface area contributed by atoms with Crippen molar-refractivity contribution in [3.8, 4) is 0 Å². The molecule has 0 saturated carbocycles. The zero-order valence-corrected chi connectivity index (χ0v) is 25.0. The number of hydrogen-bond acceptors (Lipinski definition) is 3. The summed E-state index contributed by atoms with van der Waals surface area (Å²) in [5.41, 5.74) is 0. The van der Waals surface area contributed by atoms with Crippen LogP contribution < -0.4 is 0 Å². The third-order valence-corrected chi connectivity index (χ3v) is 7.58. The second-order valence-electron chi connectivity index (χ2n) is 11.4. The molecule has 1 atom stereocenters. The van der Waals surface area contributed by atoms with Gasteiger partial charge in [-0.25, -0.2) is 0 Å². The van der Waals surface area contributed by atoms with E-state index in [2.05, 4.69) is 13.8 Å². The summed E-state index contributed by atoms with van der Waals surface area (Å²) in [6.45, 7) is 4.52. The summed E-state index contributed by atoms with van der Waals surface area (Å²) in [7, 11) is 0. The number of esters is 1. The Balaban J connectivity index is 3.90. The van der Waals surface area contributed by atoms with E-state index in [1.807, 2.05) is 0 Å². The minimum absolute atomic E-state index is 0.0133. The molecule has 0 aromatic rings. The summed E-state index contributed by atoms with van der Waals surface area (Å²) in [4.78, 5) is 23.2. The highest BCUT2D eigenvalue weighted by atomic mass is 16.5. The van der Waals surface area contributed by atoms with Crippen LogP contribution in [0.25, 0.3) is 0 Å². The lowest BCUT2D eigenvalue weighted by atomic mass is 10.0. The van der Waals surface area contributed by atoms with Gasteiger partial charge in [-0.2, -0.15) is 0 Å². The largest absolute Gasteiger partial charge is 0.481 e. The number of aliphatic carboxylic acids is 1. The van der Waals surface area contributed by atoms with Gasteiger partial charge in [0.1, 0.15) is 6.10 Å². The molecule has 0 aromatic heterocycles. The van der Waals surface area contributed by atoms with E-state index < -0.39 is 5.97 Å². The fourth-order valence-electron chi connectivity index (χ4n) is 5.13. The van der Waals surface area contributed by atoms with Crippen molar-refractivity contribution >= 4 is 11.9 Å².